The molecule has 0 bridgehead atoms. The van der Waals surface area contributed by atoms with E-state index in [2.05, 4.69) is 44.7 Å². The number of hydrogen-bond donors (Lipinski definition) is 1. The summed E-state index contributed by atoms with van der Waals surface area (Å²) >= 11 is 6.30. The highest BCUT2D eigenvalue weighted by Gasteiger charge is 2.13. The van der Waals surface area contributed by atoms with Crippen LogP contribution in [0.4, 0.5) is 0 Å². The molecule has 3 heteroatoms. The third-order valence-corrected chi connectivity index (χ3v) is 3.46. The molecule has 0 N–H and O–H groups in total. The second-order valence-electron chi connectivity index (χ2n) is 3.94. The van der Waals surface area contributed by atoms with Crippen LogP contribution in [0.2, 0.25) is 0 Å². The van der Waals surface area contributed by atoms with Gasteiger partial charge in [-0.3, -0.25) is 0 Å². The highest BCUT2D eigenvalue weighted by atomic mass is 32.2. The van der Waals surface area contributed by atoms with E-state index in [9.17, 15) is 0 Å². The van der Waals surface area contributed by atoms with Gasteiger partial charge in [0.25, 0.3) is 0 Å². The van der Waals surface area contributed by atoms with Crippen molar-refractivity contribution in [1.82, 2.24) is 4.90 Å². The Hall–Kier alpha value is 0.660. The molecule has 0 aromatic carbocycles. The van der Waals surface area contributed by atoms with Crippen LogP contribution < -0.4 is 0 Å². The monoisotopic (exact) mass is 221 g/mol. The molecule has 0 saturated carbocycles. The molecule has 0 rings (SSSR count). The molecule has 0 saturated heterocycles. The summed E-state index contributed by atoms with van der Waals surface area (Å²) in [5, 5.41) is 0. The highest BCUT2D eigenvalue weighted by molar-refractivity contribution is 7.98. The first-order chi connectivity index (χ1) is 6.11. The van der Waals surface area contributed by atoms with Crippen molar-refractivity contribution in [3.8, 4) is 0 Å². The van der Waals surface area contributed by atoms with E-state index in [4.69, 9.17) is 0 Å². The van der Waals surface area contributed by atoms with Gasteiger partial charge >= 0.3 is 0 Å². The molecule has 1 nitrogen and oxygen atoms in total. The first kappa shape index (κ1) is 13.7. The first-order valence-corrected chi connectivity index (χ1v) is 6.92. The van der Waals surface area contributed by atoms with Gasteiger partial charge in [-0.1, -0.05) is 13.8 Å². The summed E-state index contributed by atoms with van der Waals surface area (Å²) in [6.45, 7) is 6.94. The molecule has 0 spiro atoms. The standard InChI is InChI=1S/C10H23NS2/c1-9(2)10(8-12)7-11(3)5-6-13-4/h9-10,12H,5-8H2,1-4H3. The van der Waals surface area contributed by atoms with Crippen molar-refractivity contribution < 1.29 is 0 Å². The fraction of sp³-hybridized carbons (Fsp3) is 1.00. The van der Waals surface area contributed by atoms with E-state index in [1.165, 1.54) is 18.8 Å². The van der Waals surface area contributed by atoms with Gasteiger partial charge in [0.1, 0.15) is 0 Å². The van der Waals surface area contributed by atoms with Crippen molar-refractivity contribution in [2.45, 2.75) is 13.8 Å². The van der Waals surface area contributed by atoms with E-state index in [1.807, 2.05) is 11.8 Å². The van der Waals surface area contributed by atoms with Gasteiger partial charge in [0.2, 0.25) is 0 Å². The summed E-state index contributed by atoms with van der Waals surface area (Å²) in [7, 11) is 2.20. The Morgan fingerprint density at radius 2 is 2.00 bits per heavy atom. The van der Waals surface area contributed by atoms with Crippen molar-refractivity contribution in [2.75, 3.05) is 37.9 Å². The van der Waals surface area contributed by atoms with Crippen molar-refractivity contribution in [2.24, 2.45) is 11.8 Å². The van der Waals surface area contributed by atoms with Gasteiger partial charge in [-0.15, -0.1) is 0 Å². The van der Waals surface area contributed by atoms with Crippen LogP contribution in [-0.2, 0) is 0 Å². The van der Waals surface area contributed by atoms with E-state index < -0.39 is 0 Å². The zero-order valence-electron chi connectivity index (χ0n) is 9.29. The van der Waals surface area contributed by atoms with E-state index >= 15 is 0 Å². The minimum absolute atomic E-state index is 0.732. The summed E-state index contributed by atoms with van der Waals surface area (Å²) in [6, 6.07) is 0. The molecule has 0 radical (unpaired) electrons. The lowest BCUT2D eigenvalue weighted by Gasteiger charge is -2.25. The van der Waals surface area contributed by atoms with Gasteiger partial charge in [0.05, 0.1) is 0 Å². The normalized spacial score (nSPS) is 14.1. The molecule has 0 aliphatic rings. The zero-order valence-corrected chi connectivity index (χ0v) is 11.0. The average molecular weight is 221 g/mol. The van der Waals surface area contributed by atoms with Crippen LogP contribution in [0.3, 0.4) is 0 Å². The Morgan fingerprint density at radius 3 is 2.38 bits per heavy atom. The average Bonchev–Trinajstić information content (AvgIpc) is 2.10. The summed E-state index contributed by atoms with van der Waals surface area (Å²) in [6.07, 6.45) is 2.16. The van der Waals surface area contributed by atoms with Gasteiger partial charge in [0, 0.05) is 18.8 Å². The lowest BCUT2D eigenvalue weighted by Crippen LogP contribution is -2.31. The summed E-state index contributed by atoms with van der Waals surface area (Å²) < 4.78 is 0. The molecule has 0 aliphatic heterocycles. The number of hydrogen-bond acceptors (Lipinski definition) is 3. The predicted molar refractivity (Wildman–Crippen MR) is 68.1 cm³/mol. The molecule has 0 aromatic rings. The van der Waals surface area contributed by atoms with Crippen LogP contribution in [0, 0.1) is 11.8 Å². The van der Waals surface area contributed by atoms with Crippen molar-refractivity contribution in [3.05, 3.63) is 0 Å². The van der Waals surface area contributed by atoms with Crippen LogP contribution >= 0.6 is 24.4 Å². The van der Waals surface area contributed by atoms with E-state index in [0.29, 0.717) is 0 Å². The molecule has 1 atom stereocenters. The van der Waals surface area contributed by atoms with Gasteiger partial charge in [-0.05, 0) is 30.9 Å². The number of thiol groups is 1. The predicted octanol–water partition coefficient (Wildman–Crippen LogP) is 2.48. The van der Waals surface area contributed by atoms with E-state index in [1.54, 1.807) is 0 Å². The van der Waals surface area contributed by atoms with Gasteiger partial charge in [-0.2, -0.15) is 24.4 Å². The van der Waals surface area contributed by atoms with Crippen LogP contribution in [0.5, 0.6) is 0 Å². The van der Waals surface area contributed by atoms with Gasteiger partial charge < -0.3 is 4.90 Å². The SMILES string of the molecule is CSCCN(C)CC(CS)C(C)C. The molecule has 80 valence electrons. The van der Waals surface area contributed by atoms with Crippen LogP contribution in [0.25, 0.3) is 0 Å². The largest absolute Gasteiger partial charge is 0.305 e. The fourth-order valence-corrected chi connectivity index (χ4v) is 2.25. The highest BCUT2D eigenvalue weighted by Crippen LogP contribution is 2.13. The lowest BCUT2D eigenvalue weighted by atomic mass is 9.97. The Bertz CT molecular complexity index is 117. The van der Waals surface area contributed by atoms with Crippen LogP contribution in [0.1, 0.15) is 13.8 Å². The van der Waals surface area contributed by atoms with Crippen molar-refractivity contribution >= 4 is 24.4 Å². The number of nitrogens with zero attached hydrogens (tertiary/aromatic N) is 1. The number of thioether (sulfide) groups is 1. The zero-order chi connectivity index (χ0) is 10.3. The second kappa shape index (κ2) is 8.01. The number of rotatable bonds is 7. The molecule has 0 fully saturated rings. The molecule has 1 unspecified atom stereocenters. The van der Waals surface area contributed by atoms with E-state index in [-0.39, 0.29) is 0 Å². The van der Waals surface area contributed by atoms with E-state index in [0.717, 1.165) is 17.6 Å². The molecular weight excluding hydrogens is 198 g/mol. The van der Waals surface area contributed by atoms with Crippen LogP contribution in [-0.4, -0.2) is 42.8 Å². The molecule has 0 aliphatic carbocycles. The maximum absolute atomic E-state index is 4.39. The third-order valence-electron chi connectivity index (χ3n) is 2.40. The quantitative estimate of drug-likeness (QED) is 0.658. The first-order valence-electron chi connectivity index (χ1n) is 4.90. The maximum atomic E-state index is 4.39. The second-order valence-corrected chi connectivity index (χ2v) is 5.29. The minimum atomic E-state index is 0.732. The smallest absolute Gasteiger partial charge is 0.00693 e. The Labute approximate surface area is 93.1 Å². The maximum Gasteiger partial charge on any atom is 0.00693 e. The third kappa shape index (κ3) is 6.69. The van der Waals surface area contributed by atoms with Gasteiger partial charge in [0.15, 0.2) is 0 Å². The fourth-order valence-electron chi connectivity index (χ4n) is 1.22. The molecule has 13 heavy (non-hydrogen) atoms. The minimum Gasteiger partial charge on any atom is -0.305 e. The molecule has 0 amide bonds. The Morgan fingerprint density at radius 1 is 1.38 bits per heavy atom. The van der Waals surface area contributed by atoms with Gasteiger partial charge in [-0.25, -0.2) is 0 Å². The summed E-state index contributed by atoms with van der Waals surface area (Å²) in [5.41, 5.74) is 0. The van der Waals surface area contributed by atoms with Crippen molar-refractivity contribution in [1.29, 1.82) is 0 Å². The Kier molecular flexibility index (Phi) is 8.42. The molecule has 0 heterocycles. The topological polar surface area (TPSA) is 3.24 Å². The van der Waals surface area contributed by atoms with Crippen LogP contribution in [0.15, 0.2) is 0 Å². The molecule has 0 aromatic heterocycles. The summed E-state index contributed by atoms with van der Waals surface area (Å²) in [4.78, 5) is 2.41. The molecular formula is C10H23NS2. The lowest BCUT2D eigenvalue weighted by molar-refractivity contribution is 0.264. The Balaban J connectivity index is 3.66. The van der Waals surface area contributed by atoms with Crippen molar-refractivity contribution in [3.63, 3.8) is 0 Å². The summed E-state index contributed by atoms with van der Waals surface area (Å²) in [5.74, 6) is 3.71.